The van der Waals surface area contributed by atoms with Crippen LogP contribution in [0.15, 0.2) is 18.6 Å². The standard InChI is InChI=1S/C9H10N4O2/c1-6(4-8(14)15)7-5-10-9-12-11-2-3-13(7)9/h2-3,5-6H,4H2,1H3,(H,14,15). The Balaban J connectivity index is 2.39. The first-order valence-corrected chi connectivity index (χ1v) is 4.55. The Kier molecular flexibility index (Phi) is 2.32. The van der Waals surface area contributed by atoms with Crippen LogP contribution in [0.1, 0.15) is 25.0 Å². The van der Waals surface area contributed by atoms with Gasteiger partial charge in [0.25, 0.3) is 5.78 Å². The normalized spacial score (nSPS) is 12.9. The fourth-order valence-electron chi connectivity index (χ4n) is 1.50. The molecule has 2 aromatic heterocycles. The van der Waals surface area contributed by atoms with Gasteiger partial charge in [-0.05, 0) is 0 Å². The Morgan fingerprint density at radius 1 is 1.67 bits per heavy atom. The fourth-order valence-corrected chi connectivity index (χ4v) is 1.50. The summed E-state index contributed by atoms with van der Waals surface area (Å²) in [5, 5.41) is 16.2. The zero-order valence-electron chi connectivity index (χ0n) is 8.16. The van der Waals surface area contributed by atoms with Crippen LogP contribution in [0, 0.1) is 0 Å². The van der Waals surface area contributed by atoms with Crippen LogP contribution in [-0.2, 0) is 4.79 Å². The third kappa shape index (κ3) is 1.78. The minimum atomic E-state index is -0.820. The molecule has 0 radical (unpaired) electrons. The lowest BCUT2D eigenvalue weighted by atomic mass is 10.1. The van der Waals surface area contributed by atoms with Gasteiger partial charge in [0.05, 0.1) is 18.8 Å². The van der Waals surface area contributed by atoms with Crippen LogP contribution in [-0.4, -0.2) is 30.7 Å². The summed E-state index contributed by atoms with van der Waals surface area (Å²) in [5.74, 6) is -0.425. The molecule has 0 amide bonds. The predicted octanol–water partition coefficient (Wildman–Crippen LogP) is 0.702. The first kappa shape index (κ1) is 9.57. The Bertz CT molecular complexity index is 494. The van der Waals surface area contributed by atoms with E-state index in [1.54, 1.807) is 23.0 Å². The van der Waals surface area contributed by atoms with Crippen LogP contribution < -0.4 is 0 Å². The highest BCUT2D eigenvalue weighted by Gasteiger charge is 2.14. The second kappa shape index (κ2) is 3.64. The van der Waals surface area contributed by atoms with E-state index in [9.17, 15) is 4.79 Å². The minimum absolute atomic E-state index is 0.0795. The van der Waals surface area contributed by atoms with Crippen LogP contribution >= 0.6 is 0 Å². The Morgan fingerprint density at radius 3 is 3.20 bits per heavy atom. The number of aliphatic carboxylic acids is 1. The highest BCUT2D eigenvalue weighted by molar-refractivity contribution is 5.67. The van der Waals surface area contributed by atoms with Crippen molar-refractivity contribution >= 4 is 11.7 Å². The summed E-state index contributed by atoms with van der Waals surface area (Å²) in [6.45, 7) is 1.85. The lowest BCUT2D eigenvalue weighted by molar-refractivity contribution is -0.137. The van der Waals surface area contributed by atoms with Crippen LogP contribution in [0.25, 0.3) is 5.78 Å². The monoisotopic (exact) mass is 206 g/mol. The van der Waals surface area contributed by atoms with Crippen LogP contribution in [0.3, 0.4) is 0 Å². The molecule has 0 aliphatic heterocycles. The maximum absolute atomic E-state index is 10.6. The van der Waals surface area contributed by atoms with Gasteiger partial charge in [-0.15, -0.1) is 5.10 Å². The summed E-state index contributed by atoms with van der Waals surface area (Å²) in [4.78, 5) is 14.6. The number of carboxylic acids is 1. The van der Waals surface area contributed by atoms with Crippen LogP contribution in [0.4, 0.5) is 0 Å². The largest absolute Gasteiger partial charge is 0.481 e. The van der Waals surface area contributed by atoms with Crippen molar-refractivity contribution in [3.05, 3.63) is 24.3 Å². The average molecular weight is 206 g/mol. The molecule has 0 aliphatic rings. The topological polar surface area (TPSA) is 80.4 Å². The first-order chi connectivity index (χ1) is 7.18. The van der Waals surface area contributed by atoms with Crippen molar-refractivity contribution in [3.8, 4) is 0 Å². The summed E-state index contributed by atoms with van der Waals surface area (Å²) in [6.07, 6.45) is 4.99. The Hall–Kier alpha value is -1.98. The number of carbonyl (C=O) groups is 1. The molecule has 0 saturated heterocycles. The second-order valence-electron chi connectivity index (χ2n) is 3.37. The molecule has 1 N–H and O–H groups in total. The summed E-state index contributed by atoms with van der Waals surface area (Å²) in [6, 6.07) is 0. The van der Waals surface area contributed by atoms with Crippen LogP contribution in [0.2, 0.25) is 0 Å². The van der Waals surface area contributed by atoms with E-state index in [0.29, 0.717) is 5.78 Å². The molecule has 1 atom stereocenters. The summed E-state index contributed by atoms with van der Waals surface area (Å²) in [5.41, 5.74) is 0.835. The molecule has 15 heavy (non-hydrogen) atoms. The van der Waals surface area contributed by atoms with E-state index in [1.807, 2.05) is 6.92 Å². The number of nitrogens with zero attached hydrogens (tertiary/aromatic N) is 4. The number of hydrogen-bond donors (Lipinski definition) is 1. The van der Waals surface area contributed by atoms with Gasteiger partial charge in [-0.25, -0.2) is 4.98 Å². The van der Waals surface area contributed by atoms with Crippen LogP contribution in [0.5, 0.6) is 0 Å². The van der Waals surface area contributed by atoms with Crippen molar-refractivity contribution in [2.24, 2.45) is 0 Å². The second-order valence-corrected chi connectivity index (χ2v) is 3.37. The van der Waals surface area contributed by atoms with Crippen molar-refractivity contribution in [2.45, 2.75) is 19.3 Å². The molecule has 0 fully saturated rings. The molecule has 2 aromatic rings. The van der Waals surface area contributed by atoms with E-state index in [0.717, 1.165) is 5.69 Å². The number of hydrogen-bond acceptors (Lipinski definition) is 4. The summed E-state index contributed by atoms with van der Waals surface area (Å²) in [7, 11) is 0. The zero-order chi connectivity index (χ0) is 10.8. The Labute approximate surface area is 85.6 Å². The summed E-state index contributed by atoms with van der Waals surface area (Å²) < 4.78 is 1.75. The highest BCUT2D eigenvalue weighted by atomic mass is 16.4. The molecule has 0 spiro atoms. The quantitative estimate of drug-likeness (QED) is 0.799. The SMILES string of the molecule is CC(CC(=O)O)c1cnc2nnccn12. The van der Waals surface area contributed by atoms with Gasteiger partial charge in [0.15, 0.2) is 0 Å². The minimum Gasteiger partial charge on any atom is -0.481 e. The number of fused-ring (bicyclic) bond motifs is 1. The van der Waals surface area contributed by atoms with E-state index in [4.69, 9.17) is 5.11 Å². The number of imidazole rings is 1. The lowest BCUT2D eigenvalue weighted by Crippen LogP contribution is -2.05. The van der Waals surface area contributed by atoms with Crippen molar-refractivity contribution in [2.75, 3.05) is 0 Å². The van der Waals surface area contributed by atoms with Gasteiger partial charge in [0, 0.05) is 17.8 Å². The van der Waals surface area contributed by atoms with E-state index in [2.05, 4.69) is 15.2 Å². The zero-order valence-corrected chi connectivity index (χ0v) is 8.16. The van der Waals surface area contributed by atoms with Crippen molar-refractivity contribution in [3.63, 3.8) is 0 Å². The number of carboxylic acid groups (broad SMARTS) is 1. The average Bonchev–Trinajstić information content (AvgIpc) is 2.59. The van der Waals surface area contributed by atoms with Crippen molar-refractivity contribution < 1.29 is 9.90 Å². The van der Waals surface area contributed by atoms with Gasteiger partial charge >= 0.3 is 5.97 Å². The van der Waals surface area contributed by atoms with Crippen molar-refractivity contribution in [1.82, 2.24) is 19.6 Å². The van der Waals surface area contributed by atoms with E-state index >= 15 is 0 Å². The first-order valence-electron chi connectivity index (χ1n) is 4.55. The molecule has 6 nitrogen and oxygen atoms in total. The molecule has 0 bridgehead atoms. The van der Waals surface area contributed by atoms with E-state index in [1.165, 1.54) is 0 Å². The van der Waals surface area contributed by atoms with Gasteiger partial charge in [-0.1, -0.05) is 6.92 Å². The molecule has 6 heteroatoms. The molecular formula is C9H10N4O2. The maximum atomic E-state index is 10.6. The van der Waals surface area contributed by atoms with Gasteiger partial charge in [-0.3, -0.25) is 9.20 Å². The number of aromatic nitrogens is 4. The van der Waals surface area contributed by atoms with Crippen molar-refractivity contribution in [1.29, 1.82) is 0 Å². The predicted molar refractivity (Wildman–Crippen MR) is 51.4 cm³/mol. The smallest absolute Gasteiger partial charge is 0.304 e. The molecule has 78 valence electrons. The van der Waals surface area contributed by atoms with Gasteiger partial charge in [0.1, 0.15) is 0 Å². The molecule has 2 rings (SSSR count). The third-order valence-electron chi connectivity index (χ3n) is 2.22. The lowest BCUT2D eigenvalue weighted by Gasteiger charge is -2.07. The van der Waals surface area contributed by atoms with E-state index in [-0.39, 0.29) is 12.3 Å². The molecular weight excluding hydrogens is 196 g/mol. The number of rotatable bonds is 3. The molecule has 0 saturated carbocycles. The molecule has 1 unspecified atom stereocenters. The van der Waals surface area contributed by atoms with Gasteiger partial charge in [0.2, 0.25) is 0 Å². The molecule has 0 aromatic carbocycles. The molecule has 2 heterocycles. The highest BCUT2D eigenvalue weighted by Crippen LogP contribution is 2.18. The summed E-state index contributed by atoms with van der Waals surface area (Å²) >= 11 is 0. The maximum Gasteiger partial charge on any atom is 0.304 e. The van der Waals surface area contributed by atoms with E-state index < -0.39 is 5.97 Å². The fraction of sp³-hybridized carbons (Fsp3) is 0.333. The molecule has 0 aliphatic carbocycles. The Morgan fingerprint density at radius 2 is 2.47 bits per heavy atom. The van der Waals surface area contributed by atoms with Gasteiger partial charge in [-0.2, -0.15) is 5.10 Å². The third-order valence-corrected chi connectivity index (χ3v) is 2.22. The van der Waals surface area contributed by atoms with Gasteiger partial charge < -0.3 is 5.11 Å².